The van der Waals surface area contributed by atoms with Crippen molar-refractivity contribution in [3.63, 3.8) is 0 Å². The minimum absolute atomic E-state index is 0.0236. The van der Waals surface area contributed by atoms with E-state index in [1.165, 1.54) is 23.4 Å². The van der Waals surface area contributed by atoms with E-state index < -0.39 is 17.6 Å². The standard InChI is InChI=1S/C20H18F3N5O/c1-13-8-14-4-2-3-5-17(14)27(13)10-19(29)26-16-9-15(20(21,22)23)6-7-18(16)28-12-24-11-25-28/h2-7,9,11-13H,8,10H2,1H3,(H,26,29)/t13-/m0/s1. The monoisotopic (exact) mass is 401 g/mol. The van der Waals surface area contributed by atoms with Crippen molar-refractivity contribution in [1.82, 2.24) is 14.8 Å². The topological polar surface area (TPSA) is 63.1 Å². The quantitative estimate of drug-likeness (QED) is 0.725. The number of halogens is 3. The Morgan fingerprint density at radius 3 is 2.72 bits per heavy atom. The number of carbonyl (C=O) groups excluding carboxylic acids is 1. The van der Waals surface area contributed by atoms with Crippen molar-refractivity contribution >= 4 is 17.3 Å². The molecule has 150 valence electrons. The smallest absolute Gasteiger partial charge is 0.359 e. The second-order valence-corrected chi connectivity index (χ2v) is 6.93. The zero-order valence-corrected chi connectivity index (χ0v) is 15.5. The predicted octanol–water partition coefficient (Wildman–Crippen LogP) is 3.68. The summed E-state index contributed by atoms with van der Waals surface area (Å²) in [4.78, 5) is 18.5. The van der Waals surface area contributed by atoms with Crippen molar-refractivity contribution in [2.45, 2.75) is 25.6 Å². The average molecular weight is 401 g/mol. The maximum atomic E-state index is 13.2. The Morgan fingerprint density at radius 1 is 1.21 bits per heavy atom. The summed E-state index contributed by atoms with van der Waals surface area (Å²) in [7, 11) is 0. The SMILES string of the molecule is C[C@H]1Cc2ccccc2N1CC(=O)Nc1cc(C(F)(F)F)ccc1-n1cncn1. The molecule has 0 spiro atoms. The number of nitrogens with zero attached hydrogens (tertiary/aromatic N) is 4. The molecule has 0 unspecified atom stereocenters. The summed E-state index contributed by atoms with van der Waals surface area (Å²) < 4.78 is 40.8. The molecule has 1 N–H and O–H groups in total. The Hall–Kier alpha value is -3.36. The molecule has 6 nitrogen and oxygen atoms in total. The fourth-order valence-electron chi connectivity index (χ4n) is 3.56. The molecule has 1 aliphatic rings. The minimum Gasteiger partial charge on any atom is -0.359 e. The number of aromatic nitrogens is 3. The number of fused-ring (bicyclic) bond motifs is 1. The molecule has 0 saturated carbocycles. The summed E-state index contributed by atoms with van der Waals surface area (Å²) in [5.74, 6) is -0.408. The van der Waals surface area contributed by atoms with Gasteiger partial charge in [-0.25, -0.2) is 9.67 Å². The molecule has 0 radical (unpaired) electrons. The van der Waals surface area contributed by atoms with Gasteiger partial charge in [0.25, 0.3) is 0 Å². The normalized spacial score (nSPS) is 16.0. The molecular weight excluding hydrogens is 383 g/mol. The van der Waals surface area contributed by atoms with E-state index in [2.05, 4.69) is 15.4 Å². The van der Waals surface area contributed by atoms with Crippen molar-refractivity contribution < 1.29 is 18.0 Å². The number of anilines is 2. The van der Waals surface area contributed by atoms with Crippen molar-refractivity contribution in [1.29, 1.82) is 0 Å². The molecule has 0 saturated heterocycles. The van der Waals surface area contributed by atoms with E-state index in [4.69, 9.17) is 0 Å². The molecule has 1 atom stereocenters. The molecule has 2 aromatic carbocycles. The fraction of sp³-hybridized carbons (Fsp3) is 0.250. The second kappa shape index (κ2) is 7.23. The first-order valence-corrected chi connectivity index (χ1v) is 9.03. The molecule has 2 heterocycles. The molecule has 3 aromatic rings. The Morgan fingerprint density at radius 2 is 2.00 bits per heavy atom. The first-order chi connectivity index (χ1) is 13.8. The van der Waals surface area contributed by atoms with E-state index in [-0.39, 0.29) is 18.3 Å². The molecule has 0 fully saturated rings. The zero-order chi connectivity index (χ0) is 20.6. The number of nitrogens with one attached hydrogen (secondary N) is 1. The summed E-state index contributed by atoms with van der Waals surface area (Å²) in [6.07, 6.45) is -1.08. The number of hydrogen-bond acceptors (Lipinski definition) is 4. The highest BCUT2D eigenvalue weighted by molar-refractivity contribution is 5.96. The molecule has 29 heavy (non-hydrogen) atoms. The van der Waals surface area contributed by atoms with Crippen molar-refractivity contribution in [2.75, 3.05) is 16.8 Å². The molecule has 1 amide bonds. The van der Waals surface area contributed by atoms with Gasteiger partial charge in [-0.15, -0.1) is 0 Å². The number of rotatable bonds is 4. The Kier molecular flexibility index (Phi) is 4.73. The van der Waals surface area contributed by atoms with E-state index in [1.807, 2.05) is 36.1 Å². The van der Waals surface area contributed by atoms with Gasteiger partial charge in [0.05, 0.1) is 23.5 Å². The summed E-state index contributed by atoms with van der Waals surface area (Å²) in [6.45, 7) is 2.05. The molecule has 1 aliphatic heterocycles. The van der Waals surface area contributed by atoms with Crippen LogP contribution in [0.15, 0.2) is 55.1 Å². The van der Waals surface area contributed by atoms with E-state index >= 15 is 0 Å². The van der Waals surface area contributed by atoms with Gasteiger partial charge < -0.3 is 10.2 Å². The lowest BCUT2D eigenvalue weighted by molar-refractivity contribution is -0.137. The Labute approximate surface area is 165 Å². The van der Waals surface area contributed by atoms with Crippen LogP contribution in [0.25, 0.3) is 5.69 Å². The molecule has 1 aromatic heterocycles. The number of hydrogen-bond donors (Lipinski definition) is 1. The number of benzene rings is 2. The van der Waals surface area contributed by atoms with Gasteiger partial charge in [-0.1, -0.05) is 18.2 Å². The predicted molar refractivity (Wildman–Crippen MR) is 102 cm³/mol. The van der Waals surface area contributed by atoms with Gasteiger partial charge in [-0.05, 0) is 43.2 Å². The van der Waals surface area contributed by atoms with Crippen LogP contribution in [0.3, 0.4) is 0 Å². The first kappa shape index (κ1) is 19.0. The van der Waals surface area contributed by atoms with Crippen LogP contribution in [-0.4, -0.2) is 33.3 Å². The Balaban J connectivity index is 1.60. The van der Waals surface area contributed by atoms with E-state index in [0.29, 0.717) is 5.69 Å². The first-order valence-electron chi connectivity index (χ1n) is 9.03. The third-order valence-electron chi connectivity index (χ3n) is 4.93. The van der Waals surface area contributed by atoms with Crippen molar-refractivity contribution in [3.8, 4) is 5.69 Å². The fourth-order valence-corrected chi connectivity index (χ4v) is 3.56. The third kappa shape index (κ3) is 3.80. The third-order valence-corrected chi connectivity index (χ3v) is 4.93. The van der Waals surface area contributed by atoms with Crippen LogP contribution in [0.5, 0.6) is 0 Å². The van der Waals surface area contributed by atoms with Gasteiger partial charge in [0, 0.05) is 11.7 Å². The highest BCUT2D eigenvalue weighted by atomic mass is 19.4. The Bertz CT molecular complexity index is 1030. The van der Waals surface area contributed by atoms with Gasteiger partial charge in [0.15, 0.2) is 0 Å². The zero-order valence-electron chi connectivity index (χ0n) is 15.5. The molecular formula is C20H18F3N5O. The molecule has 9 heteroatoms. The van der Waals surface area contributed by atoms with Crippen LogP contribution in [0.2, 0.25) is 0 Å². The van der Waals surface area contributed by atoms with Crippen LogP contribution in [0.1, 0.15) is 18.1 Å². The molecule has 4 rings (SSSR count). The van der Waals surface area contributed by atoms with Gasteiger partial charge in [0.1, 0.15) is 12.7 Å². The van der Waals surface area contributed by atoms with Crippen LogP contribution in [-0.2, 0) is 17.4 Å². The maximum absolute atomic E-state index is 13.2. The van der Waals surface area contributed by atoms with Crippen LogP contribution in [0.4, 0.5) is 24.5 Å². The number of alkyl halides is 3. The maximum Gasteiger partial charge on any atom is 0.416 e. The van der Waals surface area contributed by atoms with Crippen LogP contribution < -0.4 is 10.2 Å². The summed E-state index contributed by atoms with van der Waals surface area (Å²) in [6, 6.07) is 11.0. The number of amides is 1. The van der Waals surface area contributed by atoms with Crippen LogP contribution >= 0.6 is 0 Å². The van der Waals surface area contributed by atoms with E-state index in [1.54, 1.807) is 0 Å². The summed E-state index contributed by atoms with van der Waals surface area (Å²) in [5, 5.41) is 6.57. The van der Waals surface area contributed by atoms with Crippen molar-refractivity contribution in [2.24, 2.45) is 0 Å². The lowest BCUT2D eigenvalue weighted by Crippen LogP contribution is -2.37. The second-order valence-electron chi connectivity index (χ2n) is 6.93. The minimum atomic E-state index is -4.53. The van der Waals surface area contributed by atoms with E-state index in [9.17, 15) is 18.0 Å². The summed E-state index contributed by atoms with van der Waals surface area (Å²) in [5.41, 5.74) is 1.59. The largest absolute Gasteiger partial charge is 0.416 e. The highest BCUT2D eigenvalue weighted by Gasteiger charge is 2.32. The lowest BCUT2D eigenvalue weighted by atomic mass is 10.1. The molecule has 0 aliphatic carbocycles. The lowest BCUT2D eigenvalue weighted by Gasteiger charge is -2.24. The van der Waals surface area contributed by atoms with Gasteiger partial charge in [-0.2, -0.15) is 18.3 Å². The number of carbonyl (C=O) groups is 1. The van der Waals surface area contributed by atoms with E-state index in [0.717, 1.165) is 29.8 Å². The summed E-state index contributed by atoms with van der Waals surface area (Å²) >= 11 is 0. The highest BCUT2D eigenvalue weighted by Crippen LogP contribution is 2.34. The van der Waals surface area contributed by atoms with Crippen LogP contribution in [0, 0.1) is 0 Å². The molecule has 0 bridgehead atoms. The average Bonchev–Trinajstić information content (AvgIpc) is 3.30. The van der Waals surface area contributed by atoms with Gasteiger partial charge in [0.2, 0.25) is 5.91 Å². The van der Waals surface area contributed by atoms with Gasteiger partial charge in [-0.3, -0.25) is 4.79 Å². The van der Waals surface area contributed by atoms with Crippen molar-refractivity contribution in [3.05, 3.63) is 66.2 Å². The number of para-hydroxylation sites is 1. The van der Waals surface area contributed by atoms with Gasteiger partial charge >= 0.3 is 6.18 Å².